The van der Waals surface area contributed by atoms with Crippen LogP contribution < -0.4 is 11.2 Å². The third-order valence-electron chi connectivity index (χ3n) is 2.48. The predicted molar refractivity (Wildman–Crippen MR) is 65.5 cm³/mol. The van der Waals surface area contributed by atoms with Crippen molar-refractivity contribution >= 4 is 5.69 Å². The van der Waals surface area contributed by atoms with Crippen LogP contribution in [0.3, 0.4) is 0 Å². The summed E-state index contributed by atoms with van der Waals surface area (Å²) in [5, 5.41) is 14.3. The van der Waals surface area contributed by atoms with Crippen LogP contribution in [0.1, 0.15) is 31.5 Å². The highest BCUT2D eigenvalue weighted by molar-refractivity contribution is 5.21. The summed E-state index contributed by atoms with van der Waals surface area (Å²) in [6, 6.07) is 0. The van der Waals surface area contributed by atoms with Gasteiger partial charge in [-0.15, -0.1) is 0 Å². The largest absolute Gasteiger partial charge is 0.350 e. The second-order valence-electron chi connectivity index (χ2n) is 4.36. The van der Waals surface area contributed by atoms with Crippen molar-refractivity contribution in [3.8, 4) is 0 Å². The summed E-state index contributed by atoms with van der Waals surface area (Å²) in [5.74, 6) is 0.613. The molecule has 2 aromatic heterocycles. The minimum atomic E-state index is -1.05. The fourth-order valence-electron chi connectivity index (χ4n) is 1.46. The highest BCUT2D eigenvalue weighted by Crippen LogP contribution is 2.11. The molecule has 10 heteroatoms. The van der Waals surface area contributed by atoms with Crippen molar-refractivity contribution in [2.24, 2.45) is 0 Å². The van der Waals surface area contributed by atoms with Crippen LogP contribution in [0.2, 0.25) is 0 Å². The minimum Gasteiger partial charge on any atom is -0.339 e. The SMILES string of the molecule is CC(C)c1nc(Cn2cc([N+](=O)[O-])c(=O)[nH]c2=O)no1. The first-order chi connectivity index (χ1) is 9.38. The van der Waals surface area contributed by atoms with Crippen LogP contribution in [-0.4, -0.2) is 24.6 Å². The Bertz CT molecular complexity index is 756. The van der Waals surface area contributed by atoms with E-state index in [4.69, 9.17) is 4.52 Å². The van der Waals surface area contributed by atoms with E-state index in [2.05, 4.69) is 10.1 Å². The van der Waals surface area contributed by atoms with E-state index in [1.807, 2.05) is 18.8 Å². The van der Waals surface area contributed by atoms with Gasteiger partial charge in [0.05, 0.1) is 17.7 Å². The van der Waals surface area contributed by atoms with Crippen LogP contribution in [0.4, 0.5) is 5.69 Å². The van der Waals surface area contributed by atoms with Gasteiger partial charge in [0, 0.05) is 5.92 Å². The maximum Gasteiger partial charge on any atom is 0.350 e. The third kappa shape index (κ3) is 2.63. The molecule has 0 bridgehead atoms. The second kappa shape index (κ2) is 5.07. The van der Waals surface area contributed by atoms with Crippen LogP contribution in [0.5, 0.6) is 0 Å². The van der Waals surface area contributed by atoms with Crippen LogP contribution in [0, 0.1) is 10.1 Å². The lowest BCUT2D eigenvalue weighted by Crippen LogP contribution is -2.31. The molecule has 2 heterocycles. The number of H-pyrrole nitrogens is 1. The summed E-state index contributed by atoms with van der Waals surface area (Å²) in [7, 11) is 0. The number of aromatic amines is 1. The van der Waals surface area contributed by atoms with Crippen LogP contribution in [-0.2, 0) is 6.54 Å². The Morgan fingerprint density at radius 3 is 2.75 bits per heavy atom. The second-order valence-corrected chi connectivity index (χ2v) is 4.36. The number of nitrogens with zero attached hydrogens (tertiary/aromatic N) is 4. The first-order valence-corrected chi connectivity index (χ1v) is 5.69. The lowest BCUT2D eigenvalue weighted by Gasteiger charge is -2.00. The van der Waals surface area contributed by atoms with Gasteiger partial charge in [-0.25, -0.2) is 4.79 Å². The van der Waals surface area contributed by atoms with Crippen molar-refractivity contribution in [1.29, 1.82) is 0 Å². The van der Waals surface area contributed by atoms with Crippen molar-refractivity contribution in [1.82, 2.24) is 19.7 Å². The van der Waals surface area contributed by atoms with E-state index in [9.17, 15) is 19.7 Å². The molecule has 0 amide bonds. The molecule has 1 N–H and O–H groups in total. The number of hydrogen-bond donors (Lipinski definition) is 1. The number of rotatable bonds is 4. The van der Waals surface area contributed by atoms with Crippen LogP contribution >= 0.6 is 0 Å². The summed E-state index contributed by atoms with van der Waals surface area (Å²) in [4.78, 5) is 38.5. The molecular formula is C10H11N5O5. The Hall–Kier alpha value is -2.78. The van der Waals surface area contributed by atoms with E-state index in [-0.39, 0.29) is 18.3 Å². The normalized spacial score (nSPS) is 10.9. The molecule has 0 aliphatic heterocycles. The first kappa shape index (κ1) is 13.6. The van der Waals surface area contributed by atoms with Gasteiger partial charge < -0.3 is 4.52 Å². The predicted octanol–water partition coefficient (Wildman–Crippen LogP) is -0.000500. The number of nitrogens with one attached hydrogen (secondary N) is 1. The van der Waals surface area contributed by atoms with Crippen molar-refractivity contribution in [2.45, 2.75) is 26.3 Å². The fraction of sp³-hybridized carbons (Fsp3) is 0.400. The number of aromatic nitrogens is 4. The monoisotopic (exact) mass is 281 g/mol. The van der Waals surface area contributed by atoms with E-state index in [0.29, 0.717) is 5.89 Å². The Morgan fingerprint density at radius 1 is 1.50 bits per heavy atom. The van der Waals surface area contributed by atoms with Crippen molar-refractivity contribution in [2.75, 3.05) is 0 Å². The quantitative estimate of drug-likeness (QED) is 0.614. The molecule has 2 aromatic rings. The van der Waals surface area contributed by atoms with Gasteiger partial charge in [-0.2, -0.15) is 4.98 Å². The molecular weight excluding hydrogens is 270 g/mol. The topological polar surface area (TPSA) is 137 Å². The molecule has 10 nitrogen and oxygen atoms in total. The lowest BCUT2D eigenvalue weighted by atomic mass is 10.2. The van der Waals surface area contributed by atoms with Gasteiger partial charge in [0.25, 0.3) is 0 Å². The summed E-state index contributed by atoms with van der Waals surface area (Å²) in [6.45, 7) is 3.58. The van der Waals surface area contributed by atoms with E-state index in [1.54, 1.807) is 0 Å². The maximum absolute atomic E-state index is 11.6. The summed E-state index contributed by atoms with van der Waals surface area (Å²) < 4.78 is 5.90. The van der Waals surface area contributed by atoms with Gasteiger partial charge in [-0.05, 0) is 0 Å². The highest BCUT2D eigenvalue weighted by atomic mass is 16.6. The smallest absolute Gasteiger partial charge is 0.339 e. The average Bonchev–Trinajstić information content (AvgIpc) is 2.80. The zero-order chi connectivity index (χ0) is 14.9. The molecule has 0 saturated heterocycles. The van der Waals surface area contributed by atoms with Crippen LogP contribution in [0.25, 0.3) is 0 Å². The summed E-state index contributed by atoms with van der Waals surface area (Å²) in [5.41, 5.74) is -2.55. The van der Waals surface area contributed by atoms with Gasteiger partial charge in [-0.1, -0.05) is 19.0 Å². The van der Waals surface area contributed by atoms with E-state index >= 15 is 0 Å². The van der Waals surface area contributed by atoms with E-state index in [1.165, 1.54) is 0 Å². The molecule has 2 rings (SSSR count). The van der Waals surface area contributed by atoms with Gasteiger partial charge >= 0.3 is 16.9 Å². The molecule has 20 heavy (non-hydrogen) atoms. The Labute approximate surface area is 111 Å². The van der Waals surface area contributed by atoms with E-state index < -0.39 is 21.9 Å². The Balaban J connectivity index is 2.37. The molecule has 0 saturated carbocycles. The minimum absolute atomic E-state index is 0.0258. The summed E-state index contributed by atoms with van der Waals surface area (Å²) in [6.07, 6.45) is 0.854. The summed E-state index contributed by atoms with van der Waals surface area (Å²) >= 11 is 0. The molecule has 0 radical (unpaired) electrons. The molecule has 0 aromatic carbocycles. The maximum atomic E-state index is 11.6. The van der Waals surface area contributed by atoms with Crippen molar-refractivity contribution in [3.63, 3.8) is 0 Å². The fourth-order valence-corrected chi connectivity index (χ4v) is 1.46. The van der Waals surface area contributed by atoms with Gasteiger partial charge in [0.15, 0.2) is 5.82 Å². The average molecular weight is 281 g/mol. The molecule has 0 fully saturated rings. The lowest BCUT2D eigenvalue weighted by molar-refractivity contribution is -0.386. The van der Waals surface area contributed by atoms with Crippen molar-refractivity contribution in [3.05, 3.63) is 48.9 Å². The highest BCUT2D eigenvalue weighted by Gasteiger charge is 2.17. The molecule has 0 atom stereocenters. The Morgan fingerprint density at radius 2 is 2.20 bits per heavy atom. The molecule has 0 unspecified atom stereocenters. The van der Waals surface area contributed by atoms with E-state index in [0.717, 1.165) is 10.8 Å². The molecule has 0 spiro atoms. The van der Waals surface area contributed by atoms with Gasteiger partial charge in [0.2, 0.25) is 5.89 Å². The number of nitro groups is 1. The Kier molecular flexibility index (Phi) is 3.46. The number of hydrogen-bond acceptors (Lipinski definition) is 7. The zero-order valence-corrected chi connectivity index (χ0v) is 10.7. The molecule has 0 aliphatic rings. The molecule has 0 aliphatic carbocycles. The van der Waals surface area contributed by atoms with Crippen LogP contribution in [0.15, 0.2) is 20.3 Å². The van der Waals surface area contributed by atoms with Gasteiger partial charge in [-0.3, -0.25) is 24.5 Å². The standard InChI is InChI=1S/C10H11N5O5/c1-5(2)9-11-7(13-20-9)4-14-3-6(15(18)19)8(16)12-10(14)17/h3,5H,4H2,1-2H3,(H,12,16,17). The van der Waals surface area contributed by atoms with Gasteiger partial charge in [0.1, 0.15) is 0 Å². The van der Waals surface area contributed by atoms with Crippen molar-refractivity contribution < 1.29 is 9.45 Å². The first-order valence-electron chi connectivity index (χ1n) is 5.69. The molecule has 106 valence electrons. The zero-order valence-electron chi connectivity index (χ0n) is 10.7. The third-order valence-corrected chi connectivity index (χ3v) is 2.48.